The Balaban J connectivity index is 1.78. The summed E-state index contributed by atoms with van der Waals surface area (Å²) >= 11 is 0. The number of carbonyl (C=O) groups is 3. The zero-order chi connectivity index (χ0) is 20.7. The zero-order valence-electron chi connectivity index (χ0n) is 15.2. The van der Waals surface area contributed by atoms with Gasteiger partial charge in [0.25, 0.3) is 5.69 Å². The molecule has 1 aliphatic rings. The van der Waals surface area contributed by atoms with Crippen LogP contribution in [0.3, 0.4) is 0 Å². The van der Waals surface area contributed by atoms with Crippen LogP contribution in [0.4, 0.5) is 5.69 Å². The number of ether oxygens (including phenoxy) is 1. The topological polar surface area (TPSA) is 145 Å². The Labute approximate surface area is 160 Å². The summed E-state index contributed by atoms with van der Waals surface area (Å²) in [5.74, 6) is -2.82. The normalized spacial score (nSPS) is 19.5. The molecule has 0 saturated heterocycles. The lowest BCUT2D eigenvalue weighted by Gasteiger charge is -2.25. The molecule has 1 fully saturated rings. The number of Topliss-reactive ketones (excluding diaryl/α,β-unsaturated/α-hetero) is 1. The molecule has 1 aromatic rings. The predicted octanol–water partition coefficient (Wildman–Crippen LogP) is 2.24. The minimum absolute atomic E-state index is 0.0259. The quantitative estimate of drug-likeness (QED) is 0.233. The van der Waals surface area contributed by atoms with Crippen molar-refractivity contribution >= 4 is 29.1 Å². The van der Waals surface area contributed by atoms with Gasteiger partial charge in [-0.3, -0.25) is 19.7 Å². The summed E-state index contributed by atoms with van der Waals surface area (Å²) in [6.45, 7) is 1.12. The van der Waals surface area contributed by atoms with Gasteiger partial charge >= 0.3 is 11.9 Å². The van der Waals surface area contributed by atoms with Crippen LogP contribution in [-0.4, -0.2) is 39.6 Å². The number of carboxylic acid groups (broad SMARTS) is 1. The number of esters is 1. The number of benzene rings is 1. The van der Waals surface area contributed by atoms with Crippen LogP contribution in [0.5, 0.6) is 0 Å². The number of carboxylic acids is 1. The minimum atomic E-state index is -1.45. The third-order valence-corrected chi connectivity index (χ3v) is 4.36. The first-order valence-corrected chi connectivity index (χ1v) is 8.66. The average Bonchev–Trinajstić information content (AvgIpc) is 2.66. The number of rotatable bonds is 8. The van der Waals surface area contributed by atoms with E-state index in [9.17, 15) is 24.5 Å². The van der Waals surface area contributed by atoms with Crippen LogP contribution in [0.25, 0.3) is 0 Å². The molecule has 10 nitrogen and oxygen atoms in total. The van der Waals surface area contributed by atoms with Crippen molar-refractivity contribution in [2.24, 2.45) is 11.1 Å². The van der Waals surface area contributed by atoms with Crippen LogP contribution in [0.15, 0.2) is 29.4 Å². The summed E-state index contributed by atoms with van der Waals surface area (Å²) in [5, 5.41) is 22.9. The van der Waals surface area contributed by atoms with E-state index in [1.165, 1.54) is 24.3 Å². The van der Waals surface area contributed by atoms with Crippen LogP contribution in [0, 0.1) is 16.0 Å². The predicted molar refractivity (Wildman–Crippen MR) is 95.5 cm³/mol. The molecule has 0 spiro atoms. The van der Waals surface area contributed by atoms with Crippen molar-refractivity contribution in [3.8, 4) is 0 Å². The molecule has 0 atom stereocenters. The van der Waals surface area contributed by atoms with Crippen LogP contribution in [-0.2, 0) is 30.6 Å². The Morgan fingerprint density at radius 1 is 1.18 bits per heavy atom. The lowest BCUT2D eigenvalue weighted by Crippen LogP contribution is -2.28. The maximum Gasteiger partial charge on any atom is 0.361 e. The smallest absolute Gasteiger partial charge is 0.361 e. The number of oxime groups is 1. The first-order valence-electron chi connectivity index (χ1n) is 8.66. The fraction of sp³-hybridized carbons (Fsp3) is 0.444. The molecule has 1 aromatic carbocycles. The second-order valence-electron chi connectivity index (χ2n) is 6.41. The number of hydrogen-bond donors (Lipinski definition) is 1. The van der Waals surface area contributed by atoms with Crippen molar-refractivity contribution in [3.63, 3.8) is 0 Å². The summed E-state index contributed by atoms with van der Waals surface area (Å²) in [4.78, 5) is 49.4. The Bertz CT molecular complexity index is 763. The first kappa shape index (κ1) is 21.0. The zero-order valence-corrected chi connectivity index (χ0v) is 15.2. The van der Waals surface area contributed by atoms with E-state index < -0.39 is 22.4 Å². The Kier molecular flexibility index (Phi) is 7.19. The maximum absolute atomic E-state index is 12.2. The van der Waals surface area contributed by atoms with E-state index in [4.69, 9.17) is 14.7 Å². The van der Waals surface area contributed by atoms with Gasteiger partial charge < -0.3 is 14.7 Å². The summed E-state index contributed by atoms with van der Waals surface area (Å²) in [6.07, 6.45) is 1.56. The Morgan fingerprint density at radius 2 is 1.79 bits per heavy atom. The van der Waals surface area contributed by atoms with E-state index in [1.54, 1.807) is 0 Å². The van der Waals surface area contributed by atoms with Crippen molar-refractivity contribution in [3.05, 3.63) is 39.9 Å². The number of nitro benzene ring substituents is 1. The maximum atomic E-state index is 12.2. The van der Waals surface area contributed by atoms with Gasteiger partial charge in [-0.05, 0) is 43.4 Å². The number of hydrogen-bond acceptors (Lipinski definition) is 8. The van der Waals surface area contributed by atoms with Crippen molar-refractivity contribution in [2.75, 3.05) is 0 Å². The standard InChI is InChI=1S/C18H20N2O8/c1-11(21)16(17(22)23)19-28-15-8-4-13(5-9-15)18(24)27-10-12-2-6-14(7-3-12)20(25)26/h2-3,6-7,13,15H,4-5,8-10H2,1H3,(H,22,23). The number of nitro groups is 1. The minimum Gasteiger partial charge on any atom is -0.476 e. The highest BCUT2D eigenvalue weighted by atomic mass is 16.6. The Hall–Kier alpha value is -3.30. The van der Waals surface area contributed by atoms with Gasteiger partial charge in [-0.1, -0.05) is 5.16 Å². The summed E-state index contributed by atoms with van der Waals surface area (Å²) in [5.41, 5.74) is -0.0488. The lowest BCUT2D eigenvalue weighted by molar-refractivity contribution is -0.384. The molecule has 10 heteroatoms. The monoisotopic (exact) mass is 392 g/mol. The lowest BCUT2D eigenvalue weighted by atomic mass is 9.87. The molecule has 0 bridgehead atoms. The third-order valence-electron chi connectivity index (χ3n) is 4.36. The van der Waals surface area contributed by atoms with Gasteiger partial charge in [-0.25, -0.2) is 4.79 Å². The number of carbonyl (C=O) groups excluding carboxylic acids is 2. The number of aliphatic carboxylic acids is 1. The van der Waals surface area contributed by atoms with Crippen molar-refractivity contribution in [2.45, 2.75) is 45.3 Å². The van der Waals surface area contributed by atoms with Crippen molar-refractivity contribution in [1.29, 1.82) is 0 Å². The molecule has 0 aliphatic heterocycles. The molecular weight excluding hydrogens is 372 g/mol. The fourth-order valence-electron chi connectivity index (χ4n) is 2.77. The molecule has 1 saturated carbocycles. The van der Waals surface area contributed by atoms with E-state index in [2.05, 4.69) is 5.16 Å². The number of nitrogens with zero attached hydrogens (tertiary/aromatic N) is 2. The van der Waals surface area contributed by atoms with E-state index in [-0.39, 0.29) is 30.3 Å². The van der Waals surface area contributed by atoms with Gasteiger partial charge in [0.05, 0.1) is 10.8 Å². The third kappa shape index (κ3) is 5.86. The molecule has 0 amide bonds. The molecular formula is C18H20N2O8. The van der Waals surface area contributed by atoms with Gasteiger partial charge in [0.15, 0.2) is 5.78 Å². The van der Waals surface area contributed by atoms with Gasteiger partial charge in [0.2, 0.25) is 5.71 Å². The van der Waals surface area contributed by atoms with Gasteiger partial charge in [-0.2, -0.15) is 0 Å². The summed E-state index contributed by atoms with van der Waals surface area (Å²) in [7, 11) is 0. The molecule has 0 aromatic heterocycles. The van der Waals surface area contributed by atoms with E-state index in [0.29, 0.717) is 31.2 Å². The first-order chi connectivity index (χ1) is 13.3. The average molecular weight is 392 g/mol. The molecule has 0 heterocycles. The molecule has 2 rings (SSSR count). The van der Waals surface area contributed by atoms with Crippen molar-refractivity contribution < 1.29 is 34.0 Å². The molecule has 0 unspecified atom stereocenters. The largest absolute Gasteiger partial charge is 0.476 e. The van der Waals surface area contributed by atoms with Gasteiger partial charge in [-0.15, -0.1) is 0 Å². The second-order valence-corrected chi connectivity index (χ2v) is 6.41. The highest BCUT2D eigenvalue weighted by Gasteiger charge is 2.29. The van der Waals surface area contributed by atoms with Gasteiger partial charge in [0, 0.05) is 19.1 Å². The number of non-ortho nitro benzene ring substituents is 1. The van der Waals surface area contributed by atoms with Gasteiger partial charge in [0.1, 0.15) is 12.7 Å². The van der Waals surface area contributed by atoms with Crippen LogP contribution < -0.4 is 0 Å². The molecule has 1 aliphatic carbocycles. The summed E-state index contributed by atoms with van der Waals surface area (Å²) < 4.78 is 5.26. The SMILES string of the molecule is CC(=O)C(=NOC1CCC(C(=O)OCc2ccc([N+](=O)[O-])cc2)CC1)C(=O)O. The van der Waals surface area contributed by atoms with Crippen molar-refractivity contribution in [1.82, 2.24) is 0 Å². The second kappa shape index (κ2) is 9.58. The molecule has 1 N–H and O–H groups in total. The Morgan fingerprint density at radius 3 is 2.29 bits per heavy atom. The van der Waals surface area contributed by atoms with E-state index >= 15 is 0 Å². The molecule has 0 radical (unpaired) electrons. The fourth-order valence-corrected chi connectivity index (χ4v) is 2.77. The summed E-state index contributed by atoms with van der Waals surface area (Å²) in [6, 6.07) is 5.75. The molecule has 28 heavy (non-hydrogen) atoms. The van der Waals surface area contributed by atoms with E-state index in [1.807, 2.05) is 0 Å². The van der Waals surface area contributed by atoms with E-state index in [0.717, 1.165) is 6.92 Å². The van der Waals surface area contributed by atoms with Crippen LogP contribution >= 0.6 is 0 Å². The highest BCUT2D eigenvalue weighted by Crippen LogP contribution is 2.27. The number of ketones is 1. The van der Waals surface area contributed by atoms with Crippen LogP contribution in [0.2, 0.25) is 0 Å². The van der Waals surface area contributed by atoms with Crippen LogP contribution in [0.1, 0.15) is 38.2 Å². The molecule has 150 valence electrons. The highest BCUT2D eigenvalue weighted by molar-refractivity contribution is 6.63.